The average molecular weight is 371 g/mol. The lowest BCUT2D eigenvalue weighted by molar-refractivity contribution is 0.359. The SMILES string of the molecule is COc1c(F)cc(CNc2ncnc3c2oc2nnc(C)c(C)c23)cc1F. The molecule has 0 atom stereocenters. The fourth-order valence-electron chi connectivity index (χ4n) is 2.90. The van der Waals surface area contributed by atoms with Crippen LogP contribution in [0.4, 0.5) is 14.6 Å². The maximum absolute atomic E-state index is 13.9. The van der Waals surface area contributed by atoms with Crippen LogP contribution in [-0.2, 0) is 6.54 Å². The number of hydrogen-bond donors (Lipinski definition) is 1. The van der Waals surface area contributed by atoms with Crippen molar-refractivity contribution in [2.24, 2.45) is 0 Å². The summed E-state index contributed by atoms with van der Waals surface area (Å²) in [5.41, 5.74) is 3.46. The molecule has 27 heavy (non-hydrogen) atoms. The standard InChI is InChI=1S/C18H15F2N5O2/c1-8-9(2)24-25-18-13(8)14-16(27-18)17(23-7-22-14)21-6-10-4-11(19)15(26-3)12(20)5-10/h4-5,7H,6H2,1-3H3,(H,21,22,23). The van der Waals surface area contributed by atoms with Crippen LogP contribution in [0.2, 0.25) is 0 Å². The molecule has 3 heterocycles. The highest BCUT2D eigenvalue weighted by molar-refractivity contribution is 6.05. The van der Waals surface area contributed by atoms with Crippen LogP contribution in [0.1, 0.15) is 16.8 Å². The lowest BCUT2D eigenvalue weighted by Gasteiger charge is -2.08. The number of fused-ring (bicyclic) bond motifs is 3. The Morgan fingerprint density at radius 2 is 1.85 bits per heavy atom. The Kier molecular flexibility index (Phi) is 4.06. The minimum Gasteiger partial charge on any atom is -0.491 e. The quantitative estimate of drug-likeness (QED) is 0.585. The van der Waals surface area contributed by atoms with Crippen LogP contribution >= 0.6 is 0 Å². The van der Waals surface area contributed by atoms with Gasteiger partial charge in [0, 0.05) is 6.54 Å². The van der Waals surface area contributed by atoms with Crippen LogP contribution in [0, 0.1) is 25.5 Å². The molecule has 4 aromatic rings. The highest BCUT2D eigenvalue weighted by Crippen LogP contribution is 2.32. The molecule has 0 spiro atoms. The number of ether oxygens (including phenoxy) is 1. The number of aryl methyl sites for hydroxylation is 2. The number of anilines is 1. The molecule has 0 radical (unpaired) electrons. The highest BCUT2D eigenvalue weighted by Gasteiger charge is 2.18. The minimum atomic E-state index is -0.771. The first-order valence-corrected chi connectivity index (χ1v) is 8.12. The van der Waals surface area contributed by atoms with Gasteiger partial charge in [0.05, 0.1) is 18.2 Å². The van der Waals surface area contributed by atoms with Crippen LogP contribution in [-0.4, -0.2) is 27.3 Å². The van der Waals surface area contributed by atoms with Gasteiger partial charge >= 0.3 is 0 Å². The van der Waals surface area contributed by atoms with Crippen molar-refractivity contribution in [3.8, 4) is 5.75 Å². The first-order chi connectivity index (χ1) is 13.0. The summed E-state index contributed by atoms with van der Waals surface area (Å²) >= 11 is 0. The Balaban J connectivity index is 1.72. The van der Waals surface area contributed by atoms with Gasteiger partial charge in [0.2, 0.25) is 5.71 Å². The van der Waals surface area contributed by atoms with Crippen molar-refractivity contribution < 1.29 is 17.9 Å². The first-order valence-electron chi connectivity index (χ1n) is 8.12. The van der Waals surface area contributed by atoms with Gasteiger partial charge in [-0.1, -0.05) is 0 Å². The van der Waals surface area contributed by atoms with Gasteiger partial charge in [-0.15, -0.1) is 5.10 Å². The predicted molar refractivity (Wildman–Crippen MR) is 94.6 cm³/mol. The Labute approximate surface area is 152 Å². The summed E-state index contributed by atoms with van der Waals surface area (Å²) in [6.07, 6.45) is 1.39. The fourth-order valence-corrected chi connectivity index (χ4v) is 2.90. The third-order valence-corrected chi connectivity index (χ3v) is 4.38. The van der Waals surface area contributed by atoms with Crippen molar-refractivity contribution in [3.05, 3.63) is 46.9 Å². The van der Waals surface area contributed by atoms with Gasteiger partial charge in [-0.3, -0.25) is 0 Å². The largest absolute Gasteiger partial charge is 0.491 e. The molecule has 1 aromatic carbocycles. The summed E-state index contributed by atoms with van der Waals surface area (Å²) in [6, 6.07) is 2.40. The molecule has 138 valence electrons. The molecule has 0 saturated carbocycles. The molecule has 1 N–H and O–H groups in total. The van der Waals surface area contributed by atoms with Crippen molar-refractivity contribution in [2.75, 3.05) is 12.4 Å². The summed E-state index contributed by atoms with van der Waals surface area (Å²) in [4.78, 5) is 8.46. The number of furan rings is 1. The number of halogens is 2. The van der Waals surface area contributed by atoms with E-state index in [4.69, 9.17) is 4.42 Å². The molecule has 7 nitrogen and oxygen atoms in total. The molecule has 4 rings (SSSR count). The predicted octanol–water partition coefficient (Wildman–Crippen LogP) is 3.68. The third-order valence-electron chi connectivity index (χ3n) is 4.38. The average Bonchev–Trinajstić information content (AvgIpc) is 3.02. The molecule has 0 aliphatic rings. The molecular formula is C18H15F2N5O2. The molecule has 0 saturated heterocycles. The van der Waals surface area contributed by atoms with Crippen molar-refractivity contribution in [2.45, 2.75) is 20.4 Å². The van der Waals surface area contributed by atoms with Gasteiger partial charge in [0.25, 0.3) is 0 Å². The summed E-state index contributed by atoms with van der Waals surface area (Å²) in [6.45, 7) is 3.90. The van der Waals surface area contributed by atoms with E-state index in [2.05, 4.69) is 30.2 Å². The molecule has 0 bridgehead atoms. The van der Waals surface area contributed by atoms with Gasteiger partial charge in [0.15, 0.2) is 28.8 Å². The van der Waals surface area contributed by atoms with E-state index in [0.717, 1.165) is 16.6 Å². The van der Waals surface area contributed by atoms with Crippen LogP contribution in [0.15, 0.2) is 22.9 Å². The van der Waals surface area contributed by atoms with Crippen molar-refractivity contribution in [1.29, 1.82) is 0 Å². The van der Waals surface area contributed by atoms with Crippen LogP contribution < -0.4 is 10.1 Å². The molecule has 0 unspecified atom stereocenters. The number of hydrogen-bond acceptors (Lipinski definition) is 7. The molecule has 3 aromatic heterocycles. The number of aromatic nitrogens is 4. The Morgan fingerprint density at radius 1 is 1.11 bits per heavy atom. The van der Waals surface area contributed by atoms with E-state index in [-0.39, 0.29) is 6.54 Å². The van der Waals surface area contributed by atoms with Crippen LogP contribution in [0.3, 0.4) is 0 Å². The lowest BCUT2D eigenvalue weighted by Crippen LogP contribution is -2.04. The second kappa shape index (κ2) is 6.42. The van der Waals surface area contributed by atoms with Gasteiger partial charge in [-0.25, -0.2) is 18.7 Å². The van der Waals surface area contributed by atoms with Gasteiger partial charge in [0.1, 0.15) is 11.8 Å². The van der Waals surface area contributed by atoms with E-state index in [1.165, 1.54) is 25.6 Å². The summed E-state index contributed by atoms with van der Waals surface area (Å²) in [5.74, 6) is -1.56. The maximum atomic E-state index is 13.9. The topological polar surface area (TPSA) is 86.0 Å². The fraction of sp³-hybridized carbons (Fsp3) is 0.222. The van der Waals surface area contributed by atoms with E-state index >= 15 is 0 Å². The van der Waals surface area contributed by atoms with Crippen molar-refractivity contribution >= 4 is 28.0 Å². The zero-order valence-corrected chi connectivity index (χ0v) is 14.8. The number of methoxy groups -OCH3 is 1. The lowest BCUT2D eigenvalue weighted by atomic mass is 10.1. The van der Waals surface area contributed by atoms with E-state index < -0.39 is 17.4 Å². The molecule has 0 fully saturated rings. The zero-order valence-electron chi connectivity index (χ0n) is 14.8. The number of benzene rings is 1. The second-order valence-electron chi connectivity index (χ2n) is 6.04. The van der Waals surface area contributed by atoms with Gasteiger partial charge in [-0.05, 0) is 37.1 Å². The maximum Gasteiger partial charge on any atom is 0.249 e. The van der Waals surface area contributed by atoms with Gasteiger partial charge < -0.3 is 14.5 Å². The molecular weight excluding hydrogens is 356 g/mol. The smallest absolute Gasteiger partial charge is 0.249 e. The molecule has 9 heteroatoms. The zero-order chi connectivity index (χ0) is 19.1. The van der Waals surface area contributed by atoms with Crippen molar-refractivity contribution in [1.82, 2.24) is 20.2 Å². The van der Waals surface area contributed by atoms with E-state index in [1.807, 2.05) is 13.8 Å². The molecule has 0 aliphatic heterocycles. The Bertz CT molecular complexity index is 1150. The first kappa shape index (κ1) is 17.1. The number of rotatable bonds is 4. The van der Waals surface area contributed by atoms with Crippen LogP contribution in [0.5, 0.6) is 5.75 Å². The molecule has 0 amide bonds. The van der Waals surface area contributed by atoms with E-state index in [0.29, 0.717) is 28.2 Å². The summed E-state index contributed by atoms with van der Waals surface area (Å²) < 4.78 is 38.2. The monoisotopic (exact) mass is 371 g/mol. The number of nitrogens with one attached hydrogen (secondary N) is 1. The Morgan fingerprint density at radius 3 is 2.56 bits per heavy atom. The molecule has 0 aliphatic carbocycles. The Hall–Kier alpha value is -3.36. The summed E-state index contributed by atoms with van der Waals surface area (Å²) in [7, 11) is 1.21. The second-order valence-corrected chi connectivity index (χ2v) is 6.04. The minimum absolute atomic E-state index is 0.130. The van der Waals surface area contributed by atoms with E-state index in [1.54, 1.807) is 0 Å². The number of nitrogens with zero attached hydrogens (tertiary/aromatic N) is 4. The third kappa shape index (κ3) is 2.80. The summed E-state index contributed by atoms with van der Waals surface area (Å²) in [5, 5.41) is 11.9. The normalized spacial score (nSPS) is 11.3. The van der Waals surface area contributed by atoms with E-state index in [9.17, 15) is 8.78 Å². The highest BCUT2D eigenvalue weighted by atomic mass is 19.1. The van der Waals surface area contributed by atoms with Crippen molar-refractivity contribution in [3.63, 3.8) is 0 Å². The van der Waals surface area contributed by atoms with Gasteiger partial charge in [-0.2, -0.15) is 5.10 Å². The van der Waals surface area contributed by atoms with Crippen LogP contribution in [0.25, 0.3) is 22.2 Å².